The Morgan fingerprint density at radius 2 is 1.88 bits per heavy atom. The van der Waals surface area contributed by atoms with E-state index in [0.29, 0.717) is 10.9 Å². The van der Waals surface area contributed by atoms with Gasteiger partial charge in [-0.2, -0.15) is 4.98 Å². The Morgan fingerprint density at radius 1 is 1.15 bits per heavy atom. The zero-order valence-electron chi connectivity index (χ0n) is 15.9. The van der Waals surface area contributed by atoms with Crippen molar-refractivity contribution < 1.29 is 4.79 Å². The maximum atomic E-state index is 12.6. The molecular weight excluding hydrogens is 346 g/mol. The molecule has 0 saturated heterocycles. The van der Waals surface area contributed by atoms with Crippen molar-refractivity contribution in [2.75, 3.05) is 5.32 Å². The molecule has 0 aliphatic rings. The molecule has 26 heavy (non-hydrogen) atoms. The van der Waals surface area contributed by atoms with Crippen LogP contribution in [0.1, 0.15) is 35.0 Å². The number of aromatic nitrogens is 4. The van der Waals surface area contributed by atoms with Crippen LogP contribution in [0.3, 0.4) is 0 Å². The number of hydrogen-bond acceptors (Lipinski definition) is 5. The summed E-state index contributed by atoms with van der Waals surface area (Å²) in [5, 5.41) is 7.72. The Kier molecular flexibility index (Phi) is 5.00. The normalized spacial score (nSPS) is 12.4. The van der Waals surface area contributed by atoms with Gasteiger partial charge in [0.05, 0.1) is 5.25 Å². The van der Waals surface area contributed by atoms with Gasteiger partial charge in [-0.15, -0.1) is 5.10 Å². The molecular formula is C19H23N5OS. The summed E-state index contributed by atoms with van der Waals surface area (Å²) >= 11 is 1.33. The fraction of sp³-hybridized carbons (Fsp3) is 0.368. The van der Waals surface area contributed by atoms with E-state index in [1.165, 1.54) is 11.8 Å². The second-order valence-corrected chi connectivity index (χ2v) is 7.89. The minimum Gasteiger partial charge on any atom is -0.325 e. The minimum atomic E-state index is -0.324. The number of carbonyl (C=O) groups is 1. The van der Waals surface area contributed by atoms with Crippen LogP contribution in [0.25, 0.3) is 5.78 Å². The Hall–Kier alpha value is -2.41. The lowest BCUT2D eigenvalue weighted by molar-refractivity contribution is -0.115. The number of nitrogens with one attached hydrogen (secondary N) is 1. The highest BCUT2D eigenvalue weighted by Gasteiger charge is 2.19. The van der Waals surface area contributed by atoms with Crippen LogP contribution in [-0.2, 0) is 4.79 Å². The number of hydrogen-bond donors (Lipinski definition) is 1. The molecule has 1 atom stereocenters. The highest BCUT2D eigenvalue weighted by atomic mass is 32.2. The summed E-state index contributed by atoms with van der Waals surface area (Å²) in [4.78, 5) is 21.5. The molecule has 0 spiro atoms. The smallest absolute Gasteiger partial charge is 0.253 e. The predicted octanol–water partition coefficient (Wildman–Crippen LogP) is 3.79. The van der Waals surface area contributed by atoms with Crippen molar-refractivity contribution in [3.05, 3.63) is 46.3 Å². The van der Waals surface area contributed by atoms with Gasteiger partial charge in [0, 0.05) is 17.1 Å². The van der Waals surface area contributed by atoms with Gasteiger partial charge in [0.25, 0.3) is 5.78 Å². The third-order valence-corrected chi connectivity index (χ3v) is 5.50. The van der Waals surface area contributed by atoms with Crippen LogP contribution in [0.2, 0.25) is 0 Å². The van der Waals surface area contributed by atoms with Gasteiger partial charge in [0.2, 0.25) is 11.1 Å². The van der Waals surface area contributed by atoms with Crippen LogP contribution >= 0.6 is 11.8 Å². The van der Waals surface area contributed by atoms with Gasteiger partial charge in [-0.1, -0.05) is 23.9 Å². The molecule has 2 aromatic heterocycles. The quantitative estimate of drug-likeness (QED) is 0.709. The second kappa shape index (κ2) is 7.07. The molecule has 1 amide bonds. The lowest BCUT2D eigenvalue weighted by Gasteiger charge is -2.12. The van der Waals surface area contributed by atoms with E-state index in [2.05, 4.69) is 20.4 Å². The summed E-state index contributed by atoms with van der Waals surface area (Å²) in [5.74, 6) is 0.495. The lowest BCUT2D eigenvalue weighted by Crippen LogP contribution is -2.23. The summed E-state index contributed by atoms with van der Waals surface area (Å²) in [6.45, 7) is 11.8. The van der Waals surface area contributed by atoms with Crippen molar-refractivity contribution in [2.45, 2.75) is 51.9 Å². The van der Waals surface area contributed by atoms with Crippen molar-refractivity contribution in [1.82, 2.24) is 19.6 Å². The van der Waals surface area contributed by atoms with E-state index in [0.717, 1.165) is 33.8 Å². The first-order chi connectivity index (χ1) is 12.3. The van der Waals surface area contributed by atoms with Gasteiger partial charge in [-0.25, -0.2) is 9.50 Å². The van der Waals surface area contributed by atoms with Gasteiger partial charge in [0.15, 0.2) is 0 Å². The second-order valence-electron chi connectivity index (χ2n) is 6.58. The highest BCUT2D eigenvalue weighted by Crippen LogP contribution is 2.24. The number of anilines is 1. The Morgan fingerprint density at radius 3 is 2.62 bits per heavy atom. The van der Waals surface area contributed by atoms with E-state index < -0.39 is 0 Å². The number of amides is 1. The number of rotatable bonds is 4. The molecule has 3 rings (SSSR count). The fourth-order valence-corrected chi connectivity index (χ4v) is 3.35. The standard InChI is InChI=1S/C19H23N5OS/c1-10-7-8-11(2)16(9-10)21-17(25)15(6)26-19-22-18-20-13(4)12(3)14(5)24(18)23-19/h7-9,15H,1-6H3,(H,21,25). The lowest BCUT2D eigenvalue weighted by atomic mass is 10.1. The highest BCUT2D eigenvalue weighted by molar-refractivity contribution is 8.00. The molecule has 3 aromatic rings. The number of fused-ring (bicyclic) bond motifs is 1. The third-order valence-electron chi connectivity index (χ3n) is 4.54. The van der Waals surface area contributed by atoms with E-state index >= 15 is 0 Å². The van der Waals surface area contributed by atoms with E-state index in [-0.39, 0.29) is 11.2 Å². The molecule has 0 aliphatic carbocycles. The summed E-state index contributed by atoms with van der Waals surface area (Å²) < 4.78 is 1.74. The molecule has 0 saturated carbocycles. The molecule has 2 heterocycles. The van der Waals surface area contributed by atoms with Crippen LogP contribution in [0, 0.1) is 34.6 Å². The minimum absolute atomic E-state index is 0.0698. The number of nitrogens with zero attached hydrogens (tertiary/aromatic N) is 4. The molecule has 6 nitrogen and oxygen atoms in total. The zero-order chi connectivity index (χ0) is 19.0. The summed E-state index contributed by atoms with van der Waals surface area (Å²) in [6, 6.07) is 6.02. The third kappa shape index (κ3) is 3.58. The fourth-order valence-electron chi connectivity index (χ4n) is 2.60. The predicted molar refractivity (Wildman–Crippen MR) is 105 cm³/mol. The molecule has 1 unspecified atom stereocenters. The topological polar surface area (TPSA) is 72.2 Å². The molecule has 136 valence electrons. The van der Waals surface area contributed by atoms with Crippen molar-refractivity contribution >= 4 is 29.1 Å². The van der Waals surface area contributed by atoms with Crippen molar-refractivity contribution in [1.29, 1.82) is 0 Å². The van der Waals surface area contributed by atoms with Crippen LogP contribution in [0.5, 0.6) is 0 Å². The molecule has 1 N–H and O–H groups in total. The first-order valence-electron chi connectivity index (χ1n) is 8.51. The van der Waals surface area contributed by atoms with Gasteiger partial charge >= 0.3 is 0 Å². The maximum absolute atomic E-state index is 12.6. The number of aryl methyl sites for hydroxylation is 4. The van der Waals surface area contributed by atoms with Crippen LogP contribution in [-0.4, -0.2) is 30.7 Å². The zero-order valence-corrected chi connectivity index (χ0v) is 16.7. The average molecular weight is 369 g/mol. The van der Waals surface area contributed by atoms with Crippen molar-refractivity contribution in [3.63, 3.8) is 0 Å². The van der Waals surface area contributed by atoms with Gasteiger partial charge in [-0.3, -0.25) is 4.79 Å². The van der Waals surface area contributed by atoms with Crippen LogP contribution < -0.4 is 5.32 Å². The van der Waals surface area contributed by atoms with Gasteiger partial charge in [-0.05, 0) is 64.3 Å². The van der Waals surface area contributed by atoms with Gasteiger partial charge in [0.1, 0.15) is 0 Å². The molecule has 0 fully saturated rings. The molecule has 1 aromatic carbocycles. The van der Waals surface area contributed by atoms with Crippen molar-refractivity contribution in [3.8, 4) is 0 Å². The monoisotopic (exact) mass is 369 g/mol. The van der Waals surface area contributed by atoms with E-state index in [1.807, 2.05) is 59.7 Å². The van der Waals surface area contributed by atoms with E-state index in [4.69, 9.17) is 0 Å². The Balaban J connectivity index is 1.78. The van der Waals surface area contributed by atoms with E-state index in [1.54, 1.807) is 4.52 Å². The first kappa shape index (κ1) is 18.4. The van der Waals surface area contributed by atoms with E-state index in [9.17, 15) is 4.79 Å². The molecule has 0 aliphatic heterocycles. The Bertz CT molecular complexity index is 995. The largest absolute Gasteiger partial charge is 0.325 e. The SMILES string of the molecule is Cc1ccc(C)c(NC(=O)C(C)Sc2nc3nc(C)c(C)c(C)n3n2)c1. The number of carbonyl (C=O) groups excluding carboxylic acids is 1. The molecule has 7 heteroatoms. The molecule has 0 bridgehead atoms. The molecule has 0 radical (unpaired) electrons. The number of thioether (sulfide) groups is 1. The first-order valence-corrected chi connectivity index (χ1v) is 9.39. The van der Waals surface area contributed by atoms with Gasteiger partial charge < -0.3 is 5.32 Å². The Labute approximate surface area is 157 Å². The van der Waals surface area contributed by atoms with Crippen LogP contribution in [0.15, 0.2) is 23.4 Å². The summed E-state index contributed by atoms with van der Waals surface area (Å²) in [5.41, 5.74) is 6.05. The summed E-state index contributed by atoms with van der Waals surface area (Å²) in [6.07, 6.45) is 0. The van der Waals surface area contributed by atoms with Crippen LogP contribution in [0.4, 0.5) is 5.69 Å². The van der Waals surface area contributed by atoms with Crippen molar-refractivity contribution in [2.24, 2.45) is 0 Å². The maximum Gasteiger partial charge on any atom is 0.253 e. The summed E-state index contributed by atoms with van der Waals surface area (Å²) in [7, 11) is 0. The number of benzene rings is 1. The average Bonchev–Trinajstić information content (AvgIpc) is 2.98.